The van der Waals surface area contributed by atoms with Crippen molar-refractivity contribution in [3.63, 3.8) is 0 Å². The second-order valence-corrected chi connectivity index (χ2v) is 9.88. The van der Waals surface area contributed by atoms with Crippen molar-refractivity contribution in [3.8, 4) is 0 Å². The van der Waals surface area contributed by atoms with Gasteiger partial charge in [0, 0.05) is 43.7 Å². The molecule has 27 heavy (non-hydrogen) atoms. The number of ether oxygens (including phenoxy) is 1. The molecule has 1 aromatic carbocycles. The third-order valence-electron chi connectivity index (χ3n) is 5.83. The van der Waals surface area contributed by atoms with Crippen LogP contribution in [0, 0.1) is 11.3 Å². The number of benzene rings is 1. The minimum Gasteiger partial charge on any atom is -0.377 e. The van der Waals surface area contributed by atoms with Crippen molar-refractivity contribution < 1.29 is 4.74 Å². The summed E-state index contributed by atoms with van der Waals surface area (Å²) in [5, 5.41) is 0.304. The highest BCUT2D eigenvalue weighted by Crippen LogP contribution is 2.39. The van der Waals surface area contributed by atoms with E-state index in [-0.39, 0.29) is 12.4 Å². The first-order chi connectivity index (χ1) is 12.4. The van der Waals surface area contributed by atoms with Gasteiger partial charge in [0.05, 0.1) is 12.7 Å². The van der Waals surface area contributed by atoms with E-state index in [4.69, 9.17) is 17.4 Å². The molecule has 3 unspecified atom stereocenters. The molecule has 2 fully saturated rings. The van der Waals surface area contributed by atoms with Gasteiger partial charge in [-0.15, -0.1) is 12.4 Å². The summed E-state index contributed by atoms with van der Waals surface area (Å²) in [5.74, 6) is 0.771. The van der Waals surface area contributed by atoms with Crippen LogP contribution in [0.25, 0.3) is 0 Å². The van der Waals surface area contributed by atoms with E-state index in [2.05, 4.69) is 60.9 Å². The maximum atomic E-state index is 6.27. The van der Waals surface area contributed by atoms with Crippen LogP contribution in [0.4, 0.5) is 5.69 Å². The summed E-state index contributed by atoms with van der Waals surface area (Å²) in [7, 11) is 0. The van der Waals surface area contributed by atoms with Gasteiger partial charge < -0.3 is 9.64 Å². The van der Waals surface area contributed by atoms with Crippen molar-refractivity contribution in [2.75, 3.05) is 44.2 Å². The van der Waals surface area contributed by atoms with E-state index in [0.29, 0.717) is 16.8 Å². The molecule has 0 spiro atoms. The molecular weight excluding hydrogens is 376 g/mol. The van der Waals surface area contributed by atoms with Crippen LogP contribution in [-0.4, -0.2) is 55.6 Å². The van der Waals surface area contributed by atoms with Crippen LogP contribution in [0.5, 0.6) is 0 Å². The molecule has 0 bridgehead atoms. The van der Waals surface area contributed by atoms with E-state index in [1.807, 2.05) is 0 Å². The van der Waals surface area contributed by atoms with E-state index in [1.54, 1.807) is 0 Å². The molecule has 3 nitrogen and oxygen atoms in total. The van der Waals surface area contributed by atoms with Gasteiger partial charge in [-0.2, -0.15) is 12.6 Å². The molecular formula is C22H37ClN2OS. The quantitative estimate of drug-likeness (QED) is 0.678. The van der Waals surface area contributed by atoms with Gasteiger partial charge >= 0.3 is 0 Å². The van der Waals surface area contributed by atoms with E-state index in [1.165, 1.54) is 24.9 Å². The maximum absolute atomic E-state index is 6.27. The topological polar surface area (TPSA) is 15.7 Å². The minimum atomic E-state index is 0. The zero-order valence-electron chi connectivity index (χ0n) is 17.1. The number of rotatable bonds is 6. The molecule has 5 heteroatoms. The van der Waals surface area contributed by atoms with Gasteiger partial charge in [-0.1, -0.05) is 39.0 Å². The van der Waals surface area contributed by atoms with Crippen LogP contribution < -0.4 is 4.90 Å². The lowest BCUT2D eigenvalue weighted by atomic mass is 9.71. The number of halogens is 1. The largest absolute Gasteiger partial charge is 0.377 e. The molecule has 0 aromatic heterocycles. The monoisotopic (exact) mass is 412 g/mol. The number of hydrogen-bond donors (Lipinski definition) is 1. The summed E-state index contributed by atoms with van der Waals surface area (Å²) in [5.41, 5.74) is 1.76. The van der Waals surface area contributed by atoms with Crippen molar-refractivity contribution >= 4 is 30.7 Å². The highest BCUT2D eigenvalue weighted by atomic mass is 35.5. The zero-order chi connectivity index (χ0) is 18.6. The summed E-state index contributed by atoms with van der Waals surface area (Å²) in [6, 6.07) is 10.7. The molecule has 1 saturated heterocycles. The molecule has 3 rings (SSSR count). The molecule has 1 heterocycles. The van der Waals surface area contributed by atoms with Crippen molar-refractivity contribution in [2.45, 2.75) is 51.4 Å². The third-order valence-corrected chi connectivity index (χ3v) is 6.15. The summed E-state index contributed by atoms with van der Waals surface area (Å²) < 4.78 is 6.27. The van der Waals surface area contributed by atoms with Crippen LogP contribution in [0.2, 0.25) is 0 Å². The molecule has 0 amide bonds. The molecule has 1 aromatic rings. The Morgan fingerprint density at radius 3 is 2.41 bits per heavy atom. The maximum Gasteiger partial charge on any atom is 0.0598 e. The number of para-hydroxylation sites is 1. The Bertz CT molecular complexity index is 549. The Morgan fingerprint density at radius 2 is 1.78 bits per heavy atom. The molecule has 154 valence electrons. The smallest absolute Gasteiger partial charge is 0.0598 e. The highest BCUT2D eigenvalue weighted by Gasteiger charge is 2.32. The first-order valence-electron chi connectivity index (χ1n) is 10.2. The molecule has 2 aliphatic rings. The van der Waals surface area contributed by atoms with E-state index in [0.717, 1.165) is 45.2 Å². The number of thiol groups is 1. The average molecular weight is 413 g/mol. The fraction of sp³-hybridized carbons (Fsp3) is 0.727. The number of piperazine rings is 1. The van der Waals surface area contributed by atoms with Gasteiger partial charge in [0.15, 0.2) is 0 Å². The van der Waals surface area contributed by atoms with E-state index in [9.17, 15) is 0 Å². The lowest BCUT2D eigenvalue weighted by Gasteiger charge is -2.39. The van der Waals surface area contributed by atoms with Gasteiger partial charge in [-0.3, -0.25) is 4.90 Å². The number of nitrogens with zero attached hydrogens (tertiary/aromatic N) is 2. The van der Waals surface area contributed by atoms with E-state index < -0.39 is 0 Å². The Labute approximate surface area is 177 Å². The van der Waals surface area contributed by atoms with Crippen LogP contribution in [0.1, 0.15) is 40.0 Å². The Morgan fingerprint density at radius 1 is 1.11 bits per heavy atom. The fourth-order valence-electron chi connectivity index (χ4n) is 4.81. The molecule has 1 saturated carbocycles. The van der Waals surface area contributed by atoms with Crippen LogP contribution in [-0.2, 0) is 4.74 Å². The Kier molecular flexibility index (Phi) is 8.79. The van der Waals surface area contributed by atoms with Gasteiger partial charge in [-0.05, 0) is 42.7 Å². The second kappa shape index (κ2) is 10.4. The molecule has 3 atom stereocenters. The highest BCUT2D eigenvalue weighted by molar-refractivity contribution is 7.81. The molecule has 0 radical (unpaired) electrons. The van der Waals surface area contributed by atoms with Gasteiger partial charge in [-0.25, -0.2) is 0 Å². The fourth-order valence-corrected chi connectivity index (χ4v) is 5.13. The third kappa shape index (κ3) is 7.16. The summed E-state index contributed by atoms with van der Waals surface area (Å²) >= 11 is 4.82. The Balaban J connectivity index is 0.00000261. The predicted molar refractivity (Wildman–Crippen MR) is 122 cm³/mol. The normalized spacial score (nSPS) is 27.0. The first-order valence-corrected chi connectivity index (χ1v) is 10.7. The zero-order valence-corrected chi connectivity index (χ0v) is 18.9. The van der Waals surface area contributed by atoms with Crippen LogP contribution in [0.3, 0.4) is 0 Å². The molecule has 1 aliphatic carbocycles. The van der Waals surface area contributed by atoms with Gasteiger partial charge in [0.2, 0.25) is 0 Å². The SMILES string of the molecule is CC1CC(OCC(S)CN2CCN(c3ccccc3)CC2)CC(C)(C)C1.Cl. The second-order valence-electron chi connectivity index (χ2n) is 9.15. The first kappa shape index (κ1) is 22.9. The number of anilines is 1. The predicted octanol–water partition coefficient (Wildman–Crippen LogP) is 4.76. The van der Waals surface area contributed by atoms with Crippen molar-refractivity contribution in [2.24, 2.45) is 11.3 Å². The standard InChI is InChI=1S/C22H36N2OS.ClH/c1-18-13-20(15-22(2,3)14-18)25-17-21(26)16-23-9-11-24(12-10-23)19-7-5-4-6-8-19;/h4-8,18,20-21,26H,9-17H2,1-3H3;1H. The molecule has 1 aliphatic heterocycles. The van der Waals surface area contributed by atoms with Gasteiger partial charge in [0.1, 0.15) is 0 Å². The van der Waals surface area contributed by atoms with Crippen molar-refractivity contribution in [1.29, 1.82) is 0 Å². The Hall–Kier alpha value is -0.420. The average Bonchev–Trinajstić information content (AvgIpc) is 2.60. The molecule has 0 N–H and O–H groups in total. The van der Waals surface area contributed by atoms with E-state index >= 15 is 0 Å². The van der Waals surface area contributed by atoms with Gasteiger partial charge in [0.25, 0.3) is 0 Å². The van der Waals surface area contributed by atoms with Crippen LogP contribution in [0.15, 0.2) is 30.3 Å². The van der Waals surface area contributed by atoms with Crippen molar-refractivity contribution in [1.82, 2.24) is 4.90 Å². The van der Waals surface area contributed by atoms with Crippen molar-refractivity contribution in [3.05, 3.63) is 30.3 Å². The van der Waals surface area contributed by atoms with Crippen LogP contribution >= 0.6 is 25.0 Å². The summed E-state index contributed by atoms with van der Waals surface area (Å²) in [4.78, 5) is 5.01. The summed E-state index contributed by atoms with van der Waals surface area (Å²) in [6.45, 7) is 13.3. The number of hydrogen-bond acceptors (Lipinski definition) is 4. The lowest BCUT2D eigenvalue weighted by molar-refractivity contribution is -0.0237. The lowest BCUT2D eigenvalue weighted by Crippen LogP contribution is -2.48. The minimum absolute atomic E-state index is 0. The summed E-state index contributed by atoms with van der Waals surface area (Å²) in [6.07, 6.45) is 4.13.